The van der Waals surface area contributed by atoms with Crippen LogP contribution >= 0.6 is 23.5 Å². The van der Waals surface area contributed by atoms with E-state index >= 15 is 0 Å². The zero-order valence-electron chi connectivity index (χ0n) is 13.1. The zero-order chi connectivity index (χ0) is 15.3. The summed E-state index contributed by atoms with van der Waals surface area (Å²) in [5, 5.41) is 0.910. The first-order valence-corrected chi connectivity index (χ1v) is 8.74. The summed E-state index contributed by atoms with van der Waals surface area (Å²) in [6.45, 7) is 12.3. The molecule has 0 saturated heterocycles. The maximum Gasteiger partial charge on any atom is 0.339 e. The van der Waals surface area contributed by atoms with Crippen molar-refractivity contribution in [3.63, 3.8) is 0 Å². The summed E-state index contributed by atoms with van der Waals surface area (Å²) in [6.07, 6.45) is -0.0965. The van der Waals surface area contributed by atoms with Gasteiger partial charge in [-0.1, -0.05) is 33.8 Å². The van der Waals surface area contributed by atoms with E-state index in [-0.39, 0.29) is 12.1 Å². The van der Waals surface area contributed by atoms with Crippen molar-refractivity contribution in [2.75, 3.05) is 0 Å². The van der Waals surface area contributed by atoms with Crippen LogP contribution in [0.1, 0.15) is 51.9 Å². The molecular weight excluding hydrogens is 288 g/mol. The van der Waals surface area contributed by atoms with Gasteiger partial charge in [0.2, 0.25) is 0 Å². The molecule has 0 aliphatic heterocycles. The normalized spacial score (nSPS) is 11.4. The third kappa shape index (κ3) is 5.41. The number of carbonyl (C=O) groups excluding carboxylic acids is 1. The fourth-order valence-corrected chi connectivity index (χ4v) is 3.76. The van der Waals surface area contributed by atoms with Gasteiger partial charge in [0.05, 0.1) is 11.7 Å². The molecule has 0 atom stereocenters. The van der Waals surface area contributed by atoms with E-state index in [4.69, 9.17) is 4.74 Å². The zero-order valence-corrected chi connectivity index (χ0v) is 14.7. The second-order valence-electron chi connectivity index (χ2n) is 5.42. The molecule has 0 bridgehead atoms. The molecule has 0 unspecified atom stereocenters. The summed E-state index contributed by atoms with van der Waals surface area (Å²) in [5.41, 5.74) is 0.683. The predicted octanol–water partition coefficient (Wildman–Crippen LogP) is 5.25. The lowest BCUT2D eigenvalue weighted by Gasteiger charge is -2.17. The molecule has 20 heavy (non-hydrogen) atoms. The molecule has 2 nitrogen and oxygen atoms in total. The van der Waals surface area contributed by atoms with Crippen LogP contribution in [0.25, 0.3) is 0 Å². The summed E-state index contributed by atoms with van der Waals surface area (Å²) in [7, 11) is 0. The van der Waals surface area contributed by atoms with Crippen LogP contribution in [0, 0.1) is 0 Å². The molecule has 0 saturated carbocycles. The fourth-order valence-electron chi connectivity index (χ4n) is 1.66. The topological polar surface area (TPSA) is 26.3 Å². The second kappa shape index (κ2) is 7.99. The Morgan fingerprint density at radius 3 is 2.10 bits per heavy atom. The molecule has 0 fully saturated rings. The summed E-state index contributed by atoms with van der Waals surface area (Å²) < 4.78 is 5.36. The smallest absolute Gasteiger partial charge is 0.339 e. The standard InChI is InChI=1S/C16H24O2S2/c1-10(2)18-16(17)13-8-7-9-14(19-11(3)4)15(13)20-12(5)6/h7-12H,1-6H3. The van der Waals surface area contributed by atoms with Crippen LogP contribution in [0.15, 0.2) is 28.0 Å². The molecule has 1 aromatic carbocycles. The van der Waals surface area contributed by atoms with Crippen molar-refractivity contribution < 1.29 is 9.53 Å². The van der Waals surface area contributed by atoms with Gasteiger partial charge < -0.3 is 4.74 Å². The van der Waals surface area contributed by atoms with Crippen LogP contribution in [-0.2, 0) is 4.74 Å². The molecule has 0 N–H and O–H groups in total. The van der Waals surface area contributed by atoms with Crippen molar-refractivity contribution in [2.24, 2.45) is 0 Å². The van der Waals surface area contributed by atoms with Gasteiger partial charge in [0.25, 0.3) is 0 Å². The number of benzene rings is 1. The fraction of sp³-hybridized carbons (Fsp3) is 0.562. The molecule has 0 amide bonds. The molecule has 0 aliphatic rings. The minimum atomic E-state index is -0.227. The third-order valence-electron chi connectivity index (χ3n) is 2.26. The number of thioether (sulfide) groups is 2. The van der Waals surface area contributed by atoms with Gasteiger partial charge in [0.1, 0.15) is 0 Å². The van der Waals surface area contributed by atoms with E-state index in [9.17, 15) is 4.79 Å². The highest BCUT2D eigenvalue weighted by atomic mass is 32.2. The minimum Gasteiger partial charge on any atom is -0.459 e. The largest absolute Gasteiger partial charge is 0.459 e. The number of ether oxygens (including phenoxy) is 1. The van der Waals surface area contributed by atoms with Crippen molar-refractivity contribution >= 4 is 29.5 Å². The van der Waals surface area contributed by atoms with E-state index in [1.54, 1.807) is 23.5 Å². The Kier molecular flexibility index (Phi) is 6.96. The van der Waals surface area contributed by atoms with Crippen LogP contribution in [-0.4, -0.2) is 22.6 Å². The van der Waals surface area contributed by atoms with Crippen molar-refractivity contribution in [2.45, 2.75) is 67.9 Å². The van der Waals surface area contributed by atoms with Crippen LogP contribution in [0.5, 0.6) is 0 Å². The number of hydrogen-bond acceptors (Lipinski definition) is 4. The molecule has 1 rings (SSSR count). The van der Waals surface area contributed by atoms with Gasteiger partial charge in [-0.05, 0) is 26.0 Å². The average molecular weight is 313 g/mol. The first-order valence-electron chi connectivity index (χ1n) is 6.98. The quantitative estimate of drug-likeness (QED) is 0.529. The van der Waals surface area contributed by atoms with E-state index in [2.05, 4.69) is 33.8 Å². The van der Waals surface area contributed by atoms with Crippen LogP contribution in [0.2, 0.25) is 0 Å². The second-order valence-corrected chi connectivity index (χ2v) is 8.63. The van der Waals surface area contributed by atoms with Gasteiger partial charge in [-0.3, -0.25) is 0 Å². The summed E-state index contributed by atoms with van der Waals surface area (Å²) in [6, 6.07) is 5.88. The molecule has 4 heteroatoms. The summed E-state index contributed by atoms with van der Waals surface area (Å²) in [4.78, 5) is 14.5. The van der Waals surface area contributed by atoms with Crippen LogP contribution in [0.3, 0.4) is 0 Å². The van der Waals surface area contributed by atoms with E-state index in [1.807, 2.05) is 26.0 Å². The van der Waals surface area contributed by atoms with E-state index in [1.165, 1.54) is 0 Å². The molecule has 0 aromatic heterocycles. The molecular formula is C16H24O2S2. The molecule has 1 aromatic rings. The van der Waals surface area contributed by atoms with E-state index < -0.39 is 0 Å². The minimum absolute atomic E-state index is 0.0965. The lowest BCUT2D eigenvalue weighted by atomic mass is 10.2. The molecule has 112 valence electrons. The van der Waals surface area contributed by atoms with Gasteiger partial charge in [-0.2, -0.15) is 0 Å². The Morgan fingerprint density at radius 2 is 1.60 bits per heavy atom. The maximum atomic E-state index is 12.3. The monoisotopic (exact) mass is 312 g/mol. The highest BCUT2D eigenvalue weighted by Crippen LogP contribution is 2.38. The average Bonchev–Trinajstić information content (AvgIpc) is 2.28. The Balaban J connectivity index is 3.17. The Hall–Kier alpha value is -0.610. The Labute approximate surface area is 131 Å². The van der Waals surface area contributed by atoms with Crippen molar-refractivity contribution in [3.05, 3.63) is 23.8 Å². The predicted molar refractivity (Wildman–Crippen MR) is 89.0 cm³/mol. The molecule has 0 heterocycles. The van der Waals surface area contributed by atoms with Crippen molar-refractivity contribution in [1.82, 2.24) is 0 Å². The lowest BCUT2D eigenvalue weighted by molar-refractivity contribution is 0.0373. The number of rotatable bonds is 6. The SMILES string of the molecule is CC(C)OC(=O)c1cccc(SC(C)C)c1SC(C)C. The first-order chi connectivity index (χ1) is 9.31. The van der Waals surface area contributed by atoms with Crippen LogP contribution in [0.4, 0.5) is 0 Å². The highest BCUT2D eigenvalue weighted by molar-refractivity contribution is 8.03. The van der Waals surface area contributed by atoms with Gasteiger partial charge in [0, 0.05) is 20.3 Å². The highest BCUT2D eigenvalue weighted by Gasteiger charge is 2.19. The van der Waals surface area contributed by atoms with Crippen molar-refractivity contribution in [1.29, 1.82) is 0 Å². The number of esters is 1. The van der Waals surface area contributed by atoms with Gasteiger partial charge >= 0.3 is 5.97 Å². The van der Waals surface area contributed by atoms with Gasteiger partial charge in [0.15, 0.2) is 0 Å². The summed E-state index contributed by atoms with van der Waals surface area (Å²) >= 11 is 3.52. The molecule has 0 aliphatic carbocycles. The Bertz CT molecular complexity index is 454. The van der Waals surface area contributed by atoms with Crippen molar-refractivity contribution in [3.8, 4) is 0 Å². The first kappa shape index (κ1) is 17.4. The Morgan fingerprint density at radius 1 is 1.00 bits per heavy atom. The maximum absolute atomic E-state index is 12.3. The number of hydrogen-bond donors (Lipinski definition) is 0. The molecule has 0 radical (unpaired) electrons. The number of carbonyl (C=O) groups is 1. The van der Waals surface area contributed by atoms with E-state index in [0.717, 1.165) is 9.79 Å². The van der Waals surface area contributed by atoms with Gasteiger partial charge in [-0.25, -0.2) is 4.79 Å². The third-order valence-corrected chi connectivity index (χ3v) is 4.60. The van der Waals surface area contributed by atoms with Gasteiger partial charge in [-0.15, -0.1) is 23.5 Å². The molecule has 0 spiro atoms. The summed E-state index contributed by atoms with van der Waals surface area (Å²) in [5.74, 6) is -0.227. The van der Waals surface area contributed by atoms with Crippen LogP contribution < -0.4 is 0 Å². The lowest BCUT2D eigenvalue weighted by Crippen LogP contribution is -2.13. The van der Waals surface area contributed by atoms with E-state index in [0.29, 0.717) is 16.1 Å².